The number of piperazine rings is 1. The van der Waals surface area contributed by atoms with Crippen LogP contribution in [0.1, 0.15) is 25.7 Å². The highest BCUT2D eigenvalue weighted by molar-refractivity contribution is 5.78. The third kappa shape index (κ3) is 4.80. The van der Waals surface area contributed by atoms with Crippen LogP contribution >= 0.6 is 0 Å². The van der Waals surface area contributed by atoms with Gasteiger partial charge in [0.2, 0.25) is 5.95 Å². The Morgan fingerprint density at radius 2 is 1.62 bits per heavy atom. The van der Waals surface area contributed by atoms with Crippen LogP contribution in [0, 0.1) is 0 Å². The predicted molar refractivity (Wildman–Crippen MR) is 97.2 cm³/mol. The SMILES string of the molecule is NC(=NCCN1CCN(c2ncccn2)CC1)N1CCCCCC1. The number of hydrogen-bond acceptors (Lipinski definition) is 5. The van der Waals surface area contributed by atoms with Gasteiger partial charge in [0.25, 0.3) is 0 Å². The molecule has 3 heterocycles. The molecule has 1 aromatic rings. The third-order valence-corrected chi connectivity index (χ3v) is 4.83. The Labute approximate surface area is 144 Å². The summed E-state index contributed by atoms with van der Waals surface area (Å²) < 4.78 is 0. The van der Waals surface area contributed by atoms with Gasteiger partial charge in [0, 0.05) is 58.2 Å². The van der Waals surface area contributed by atoms with Gasteiger partial charge < -0.3 is 15.5 Å². The van der Waals surface area contributed by atoms with Gasteiger partial charge in [-0.05, 0) is 18.9 Å². The second-order valence-corrected chi connectivity index (χ2v) is 6.52. The van der Waals surface area contributed by atoms with E-state index >= 15 is 0 Å². The van der Waals surface area contributed by atoms with Crippen LogP contribution in [0.4, 0.5) is 5.95 Å². The number of hydrogen-bond donors (Lipinski definition) is 1. The molecule has 132 valence electrons. The average molecular weight is 331 g/mol. The molecule has 0 unspecified atom stereocenters. The summed E-state index contributed by atoms with van der Waals surface area (Å²) in [7, 11) is 0. The lowest BCUT2D eigenvalue weighted by molar-refractivity contribution is 0.263. The first-order valence-electron chi connectivity index (χ1n) is 9.12. The van der Waals surface area contributed by atoms with E-state index in [9.17, 15) is 0 Å². The fraction of sp³-hybridized carbons (Fsp3) is 0.706. The van der Waals surface area contributed by atoms with Crippen LogP contribution < -0.4 is 10.6 Å². The van der Waals surface area contributed by atoms with Crippen LogP contribution in [0.3, 0.4) is 0 Å². The second-order valence-electron chi connectivity index (χ2n) is 6.52. The third-order valence-electron chi connectivity index (χ3n) is 4.83. The van der Waals surface area contributed by atoms with E-state index in [1.807, 2.05) is 6.07 Å². The second kappa shape index (κ2) is 8.82. The van der Waals surface area contributed by atoms with Crippen LogP contribution in [0.15, 0.2) is 23.5 Å². The van der Waals surface area contributed by atoms with Crippen LogP contribution in [-0.4, -0.2) is 78.1 Å². The number of aliphatic imine (C=N–C) groups is 1. The first-order valence-corrected chi connectivity index (χ1v) is 9.12. The van der Waals surface area contributed by atoms with Gasteiger partial charge in [-0.2, -0.15) is 0 Å². The van der Waals surface area contributed by atoms with Gasteiger partial charge in [-0.15, -0.1) is 0 Å². The molecule has 0 spiro atoms. The van der Waals surface area contributed by atoms with Gasteiger partial charge in [0.15, 0.2) is 5.96 Å². The summed E-state index contributed by atoms with van der Waals surface area (Å²) in [5.41, 5.74) is 6.16. The normalized spacial score (nSPS) is 20.9. The zero-order chi connectivity index (χ0) is 16.6. The van der Waals surface area contributed by atoms with Crippen molar-refractivity contribution in [3.05, 3.63) is 18.5 Å². The molecule has 2 aliphatic rings. The summed E-state index contributed by atoms with van der Waals surface area (Å²) in [6.45, 7) is 7.86. The van der Waals surface area contributed by atoms with Crippen molar-refractivity contribution in [3.8, 4) is 0 Å². The number of rotatable bonds is 4. The number of anilines is 1. The van der Waals surface area contributed by atoms with E-state index in [4.69, 9.17) is 5.73 Å². The molecule has 2 fully saturated rings. The van der Waals surface area contributed by atoms with Crippen molar-refractivity contribution < 1.29 is 0 Å². The first kappa shape index (κ1) is 17.0. The Balaban J connectivity index is 1.39. The zero-order valence-electron chi connectivity index (χ0n) is 14.5. The van der Waals surface area contributed by atoms with E-state index in [0.717, 1.165) is 64.3 Å². The molecule has 24 heavy (non-hydrogen) atoms. The maximum Gasteiger partial charge on any atom is 0.225 e. The van der Waals surface area contributed by atoms with Gasteiger partial charge in [-0.25, -0.2) is 9.97 Å². The molecule has 2 saturated heterocycles. The Hall–Kier alpha value is -1.89. The summed E-state index contributed by atoms with van der Waals surface area (Å²) in [5.74, 6) is 1.56. The van der Waals surface area contributed by atoms with E-state index in [1.165, 1.54) is 25.7 Å². The highest BCUT2D eigenvalue weighted by Crippen LogP contribution is 2.10. The molecule has 2 aliphatic heterocycles. The highest BCUT2D eigenvalue weighted by Gasteiger charge is 2.18. The summed E-state index contributed by atoms with van der Waals surface area (Å²) >= 11 is 0. The van der Waals surface area contributed by atoms with Crippen LogP contribution in [0.25, 0.3) is 0 Å². The summed E-state index contributed by atoms with van der Waals surface area (Å²) in [6, 6.07) is 1.85. The molecule has 0 bridgehead atoms. The molecule has 0 saturated carbocycles. The molecule has 0 aliphatic carbocycles. The lowest BCUT2D eigenvalue weighted by Crippen LogP contribution is -2.47. The predicted octanol–water partition coefficient (Wildman–Crippen LogP) is 0.789. The van der Waals surface area contributed by atoms with Crippen molar-refractivity contribution in [2.75, 3.05) is 57.3 Å². The number of nitrogens with two attached hydrogens (primary N) is 1. The molecule has 0 amide bonds. The number of likely N-dealkylation sites (tertiary alicyclic amines) is 1. The molecular weight excluding hydrogens is 302 g/mol. The van der Waals surface area contributed by atoms with Crippen molar-refractivity contribution in [2.24, 2.45) is 10.7 Å². The van der Waals surface area contributed by atoms with Crippen LogP contribution in [0.5, 0.6) is 0 Å². The van der Waals surface area contributed by atoms with E-state index in [1.54, 1.807) is 12.4 Å². The fourth-order valence-corrected chi connectivity index (χ4v) is 3.33. The van der Waals surface area contributed by atoms with E-state index in [0.29, 0.717) is 0 Å². The first-order chi connectivity index (χ1) is 11.8. The lowest BCUT2D eigenvalue weighted by Gasteiger charge is -2.34. The lowest BCUT2D eigenvalue weighted by atomic mass is 10.2. The maximum atomic E-state index is 6.16. The molecular formula is C17H29N7. The molecule has 0 aromatic carbocycles. The highest BCUT2D eigenvalue weighted by atomic mass is 15.3. The quantitative estimate of drug-likeness (QED) is 0.649. The number of guanidine groups is 1. The Morgan fingerprint density at radius 3 is 2.29 bits per heavy atom. The summed E-state index contributed by atoms with van der Waals surface area (Å²) in [4.78, 5) is 20.2. The largest absolute Gasteiger partial charge is 0.370 e. The molecule has 7 nitrogen and oxygen atoms in total. The van der Waals surface area contributed by atoms with Crippen molar-refractivity contribution >= 4 is 11.9 Å². The van der Waals surface area contributed by atoms with Crippen LogP contribution in [0.2, 0.25) is 0 Å². The zero-order valence-corrected chi connectivity index (χ0v) is 14.5. The molecule has 0 atom stereocenters. The Bertz CT molecular complexity index is 503. The van der Waals surface area contributed by atoms with Crippen molar-refractivity contribution in [2.45, 2.75) is 25.7 Å². The van der Waals surface area contributed by atoms with Gasteiger partial charge in [-0.1, -0.05) is 12.8 Å². The van der Waals surface area contributed by atoms with E-state index in [2.05, 4.69) is 29.7 Å². The molecule has 7 heteroatoms. The smallest absolute Gasteiger partial charge is 0.225 e. The van der Waals surface area contributed by atoms with E-state index < -0.39 is 0 Å². The number of aromatic nitrogens is 2. The molecule has 2 N–H and O–H groups in total. The summed E-state index contributed by atoms with van der Waals surface area (Å²) in [6.07, 6.45) is 8.71. The minimum absolute atomic E-state index is 0.730. The Morgan fingerprint density at radius 1 is 0.958 bits per heavy atom. The standard InChI is InChI=1S/C17H29N7/c18-16(23-9-3-1-2-4-10-23)19-8-11-22-12-14-24(15-13-22)17-20-6-5-7-21-17/h5-7H,1-4,8-15H2,(H2,18,19). The topological polar surface area (TPSA) is 73.9 Å². The summed E-state index contributed by atoms with van der Waals surface area (Å²) in [5, 5.41) is 0. The van der Waals surface area contributed by atoms with Gasteiger partial charge in [0.05, 0.1) is 6.54 Å². The van der Waals surface area contributed by atoms with Crippen molar-refractivity contribution in [1.82, 2.24) is 19.8 Å². The number of nitrogens with zero attached hydrogens (tertiary/aromatic N) is 6. The minimum Gasteiger partial charge on any atom is -0.370 e. The van der Waals surface area contributed by atoms with Crippen molar-refractivity contribution in [1.29, 1.82) is 0 Å². The van der Waals surface area contributed by atoms with E-state index in [-0.39, 0.29) is 0 Å². The monoisotopic (exact) mass is 331 g/mol. The molecule has 3 rings (SSSR count). The molecule has 1 aromatic heterocycles. The van der Waals surface area contributed by atoms with Gasteiger partial charge in [0.1, 0.15) is 0 Å². The Kier molecular flexibility index (Phi) is 6.23. The minimum atomic E-state index is 0.730. The van der Waals surface area contributed by atoms with Gasteiger partial charge >= 0.3 is 0 Å². The van der Waals surface area contributed by atoms with Gasteiger partial charge in [-0.3, -0.25) is 9.89 Å². The maximum absolute atomic E-state index is 6.16. The average Bonchev–Trinajstić information content (AvgIpc) is 2.92. The molecule has 0 radical (unpaired) electrons. The van der Waals surface area contributed by atoms with Crippen LogP contribution in [-0.2, 0) is 0 Å². The van der Waals surface area contributed by atoms with Crippen molar-refractivity contribution in [3.63, 3.8) is 0 Å². The fourth-order valence-electron chi connectivity index (χ4n) is 3.33.